The number of pyridine rings is 1. The van der Waals surface area contributed by atoms with Gasteiger partial charge in [-0.25, -0.2) is 0 Å². The van der Waals surface area contributed by atoms with Crippen molar-refractivity contribution in [2.75, 3.05) is 0 Å². The summed E-state index contributed by atoms with van der Waals surface area (Å²) in [6.07, 6.45) is 3.15. The number of hydrogen-bond donors (Lipinski definition) is 2. The molecule has 1 aromatic heterocycles. The Balaban J connectivity index is 1.97. The van der Waals surface area contributed by atoms with Crippen LogP contribution in [0.3, 0.4) is 0 Å². The topological polar surface area (TPSA) is 53.4 Å². The number of aliphatic hydroxyl groups excluding tert-OH is 1. The van der Waals surface area contributed by atoms with Gasteiger partial charge in [-0.05, 0) is 42.7 Å². The van der Waals surface area contributed by atoms with Crippen molar-refractivity contribution in [3.05, 3.63) is 57.8 Å². The molecule has 1 fully saturated rings. The molecule has 2 N–H and O–H groups in total. The zero-order valence-electron chi connectivity index (χ0n) is 11.3. The van der Waals surface area contributed by atoms with Gasteiger partial charge in [-0.1, -0.05) is 29.3 Å². The first-order valence-corrected chi connectivity index (χ1v) is 7.52. The van der Waals surface area contributed by atoms with Crippen molar-refractivity contribution in [2.24, 2.45) is 0 Å². The summed E-state index contributed by atoms with van der Waals surface area (Å²) in [4.78, 5) is 4.24. The van der Waals surface area contributed by atoms with Gasteiger partial charge in [-0.15, -0.1) is 0 Å². The van der Waals surface area contributed by atoms with Crippen LogP contribution in [-0.4, -0.2) is 21.3 Å². The van der Waals surface area contributed by atoms with Crippen LogP contribution in [0.4, 0.5) is 0 Å². The Kier molecular flexibility index (Phi) is 3.82. The lowest BCUT2D eigenvalue weighted by Crippen LogP contribution is -2.46. The van der Waals surface area contributed by atoms with Crippen LogP contribution >= 0.6 is 23.2 Å². The Hall–Kier alpha value is -1.29. The number of halogens is 2. The molecule has 0 radical (unpaired) electrons. The number of aromatic nitrogens is 1. The Bertz CT molecular complexity index is 669. The van der Waals surface area contributed by atoms with E-state index in [-0.39, 0.29) is 17.3 Å². The fraction of sp³-hybridized carbons (Fsp3) is 0.312. The first-order valence-electron chi connectivity index (χ1n) is 6.77. The third kappa shape index (κ3) is 2.73. The molecule has 1 saturated carbocycles. The summed E-state index contributed by atoms with van der Waals surface area (Å²) < 4.78 is 0. The van der Waals surface area contributed by atoms with Crippen LogP contribution in [0.25, 0.3) is 0 Å². The zero-order chi connectivity index (χ0) is 15.0. The standard InChI is InChI=1S/C16H15Cl2NO2/c17-12-4-3-10(6-13(12)18)16(7-11(20)8-16)9-14-15(21)2-1-5-19-14/h1-6,11,20-21H,7-9H2. The van der Waals surface area contributed by atoms with Crippen molar-refractivity contribution < 1.29 is 10.2 Å². The maximum atomic E-state index is 9.93. The highest BCUT2D eigenvalue weighted by atomic mass is 35.5. The monoisotopic (exact) mass is 323 g/mol. The van der Waals surface area contributed by atoms with Gasteiger partial charge in [0.25, 0.3) is 0 Å². The van der Waals surface area contributed by atoms with E-state index in [0.717, 1.165) is 5.56 Å². The van der Waals surface area contributed by atoms with Gasteiger partial charge in [0, 0.05) is 18.0 Å². The van der Waals surface area contributed by atoms with Crippen LogP contribution in [0.2, 0.25) is 10.0 Å². The van der Waals surface area contributed by atoms with E-state index in [1.165, 1.54) is 0 Å². The van der Waals surface area contributed by atoms with Crippen LogP contribution in [0.15, 0.2) is 36.5 Å². The first-order chi connectivity index (χ1) is 10.00. The Morgan fingerprint density at radius 3 is 2.57 bits per heavy atom. The van der Waals surface area contributed by atoms with Gasteiger partial charge in [-0.3, -0.25) is 4.98 Å². The minimum absolute atomic E-state index is 0.179. The van der Waals surface area contributed by atoms with E-state index in [4.69, 9.17) is 23.2 Å². The van der Waals surface area contributed by atoms with E-state index >= 15 is 0 Å². The predicted octanol–water partition coefficient (Wildman–Crippen LogP) is 3.73. The van der Waals surface area contributed by atoms with E-state index in [1.54, 1.807) is 24.4 Å². The van der Waals surface area contributed by atoms with Crippen LogP contribution < -0.4 is 0 Å². The highest BCUT2D eigenvalue weighted by Gasteiger charge is 2.45. The van der Waals surface area contributed by atoms with Gasteiger partial charge >= 0.3 is 0 Å². The number of hydrogen-bond acceptors (Lipinski definition) is 3. The Morgan fingerprint density at radius 2 is 1.95 bits per heavy atom. The third-order valence-corrected chi connectivity index (χ3v) is 4.90. The van der Waals surface area contributed by atoms with Crippen LogP contribution in [0.5, 0.6) is 5.75 Å². The molecule has 1 heterocycles. The Labute approximate surface area is 133 Å². The van der Waals surface area contributed by atoms with Crippen molar-refractivity contribution in [3.63, 3.8) is 0 Å². The molecule has 21 heavy (non-hydrogen) atoms. The van der Waals surface area contributed by atoms with Crippen molar-refractivity contribution in [1.82, 2.24) is 4.98 Å². The van der Waals surface area contributed by atoms with Gasteiger partial charge in [-0.2, -0.15) is 0 Å². The molecular weight excluding hydrogens is 309 g/mol. The fourth-order valence-electron chi connectivity index (χ4n) is 3.04. The minimum atomic E-state index is -0.328. The lowest BCUT2D eigenvalue weighted by Gasteiger charge is -2.46. The molecule has 0 bridgehead atoms. The predicted molar refractivity (Wildman–Crippen MR) is 83.0 cm³/mol. The zero-order valence-corrected chi connectivity index (χ0v) is 12.8. The second-order valence-electron chi connectivity index (χ2n) is 5.62. The van der Waals surface area contributed by atoms with E-state index in [9.17, 15) is 10.2 Å². The normalized spacial score (nSPS) is 24.6. The molecule has 0 atom stereocenters. The van der Waals surface area contributed by atoms with Crippen molar-refractivity contribution in [3.8, 4) is 5.75 Å². The van der Waals surface area contributed by atoms with E-state index in [1.807, 2.05) is 12.1 Å². The van der Waals surface area contributed by atoms with Crippen LogP contribution in [0, 0.1) is 0 Å². The van der Waals surface area contributed by atoms with E-state index in [0.29, 0.717) is 35.0 Å². The molecule has 1 aliphatic rings. The van der Waals surface area contributed by atoms with E-state index < -0.39 is 0 Å². The number of rotatable bonds is 3. The van der Waals surface area contributed by atoms with Gasteiger partial charge in [0.05, 0.1) is 21.8 Å². The Morgan fingerprint density at radius 1 is 1.19 bits per heavy atom. The highest BCUT2D eigenvalue weighted by Crippen LogP contribution is 2.48. The molecule has 1 aliphatic carbocycles. The molecule has 110 valence electrons. The lowest BCUT2D eigenvalue weighted by atomic mass is 9.60. The van der Waals surface area contributed by atoms with E-state index in [2.05, 4.69) is 4.98 Å². The fourth-order valence-corrected chi connectivity index (χ4v) is 3.33. The molecule has 0 amide bonds. The lowest BCUT2D eigenvalue weighted by molar-refractivity contribution is 0.0170. The average Bonchev–Trinajstić information content (AvgIpc) is 2.42. The molecule has 5 heteroatoms. The SMILES string of the molecule is Oc1cccnc1CC1(c2ccc(Cl)c(Cl)c2)CC(O)C1. The molecule has 3 nitrogen and oxygen atoms in total. The van der Waals surface area contributed by atoms with Crippen LogP contribution in [-0.2, 0) is 11.8 Å². The average molecular weight is 324 g/mol. The minimum Gasteiger partial charge on any atom is -0.506 e. The number of nitrogens with zero attached hydrogens (tertiary/aromatic N) is 1. The smallest absolute Gasteiger partial charge is 0.137 e. The summed E-state index contributed by atoms with van der Waals surface area (Å²) >= 11 is 12.1. The van der Waals surface area contributed by atoms with Crippen molar-refractivity contribution in [1.29, 1.82) is 0 Å². The molecule has 0 aliphatic heterocycles. The highest BCUT2D eigenvalue weighted by molar-refractivity contribution is 6.42. The summed E-state index contributed by atoms with van der Waals surface area (Å²) in [7, 11) is 0. The summed E-state index contributed by atoms with van der Waals surface area (Å²) in [5, 5.41) is 20.7. The quantitative estimate of drug-likeness (QED) is 0.904. The summed E-state index contributed by atoms with van der Waals surface area (Å²) in [6.45, 7) is 0. The molecule has 0 spiro atoms. The van der Waals surface area contributed by atoms with Gasteiger partial charge in [0.1, 0.15) is 5.75 Å². The number of aliphatic hydroxyl groups is 1. The van der Waals surface area contributed by atoms with Gasteiger partial charge in [0.15, 0.2) is 0 Å². The largest absolute Gasteiger partial charge is 0.506 e. The second-order valence-corrected chi connectivity index (χ2v) is 6.43. The third-order valence-electron chi connectivity index (χ3n) is 4.16. The molecule has 3 rings (SSSR count). The van der Waals surface area contributed by atoms with Gasteiger partial charge in [0.2, 0.25) is 0 Å². The molecule has 2 aromatic rings. The number of benzene rings is 1. The first kappa shape index (κ1) is 14.6. The summed E-state index contributed by atoms with van der Waals surface area (Å²) in [5.74, 6) is 0.179. The van der Waals surface area contributed by atoms with Crippen molar-refractivity contribution in [2.45, 2.75) is 30.8 Å². The second kappa shape index (κ2) is 5.48. The summed E-state index contributed by atoms with van der Waals surface area (Å²) in [5.41, 5.74) is 1.40. The molecule has 1 aromatic carbocycles. The maximum absolute atomic E-state index is 9.93. The number of aromatic hydroxyl groups is 1. The van der Waals surface area contributed by atoms with Crippen molar-refractivity contribution >= 4 is 23.2 Å². The molecular formula is C16H15Cl2NO2. The van der Waals surface area contributed by atoms with Crippen LogP contribution in [0.1, 0.15) is 24.1 Å². The molecule has 0 saturated heterocycles. The summed E-state index contributed by atoms with van der Waals surface area (Å²) in [6, 6.07) is 8.86. The van der Waals surface area contributed by atoms with Gasteiger partial charge < -0.3 is 10.2 Å². The maximum Gasteiger partial charge on any atom is 0.137 e. The molecule has 0 unspecified atom stereocenters.